The van der Waals surface area contributed by atoms with Crippen LogP contribution in [0.2, 0.25) is 5.02 Å². The van der Waals surface area contributed by atoms with Crippen LogP contribution >= 0.6 is 11.6 Å². The number of likely N-dealkylation sites (tertiary alicyclic amines) is 1. The molecule has 0 aromatic heterocycles. The van der Waals surface area contributed by atoms with Crippen molar-refractivity contribution in [1.82, 2.24) is 4.90 Å². The maximum absolute atomic E-state index is 12.4. The van der Waals surface area contributed by atoms with Crippen LogP contribution in [0, 0.1) is 5.92 Å². The topological polar surface area (TPSA) is 32.3 Å². The van der Waals surface area contributed by atoms with Crippen molar-refractivity contribution in [2.24, 2.45) is 5.92 Å². The van der Waals surface area contributed by atoms with Crippen molar-refractivity contribution < 1.29 is 4.79 Å². The molecule has 4 heteroatoms. The van der Waals surface area contributed by atoms with Crippen LogP contribution in [0.25, 0.3) is 0 Å². The number of anilines is 1. The van der Waals surface area contributed by atoms with E-state index in [2.05, 4.69) is 22.3 Å². The monoisotopic (exact) mass is 290 g/mol. The fourth-order valence-corrected chi connectivity index (χ4v) is 3.91. The third-order valence-corrected chi connectivity index (χ3v) is 5.37. The minimum Gasteiger partial charge on any atom is -0.381 e. The van der Waals surface area contributed by atoms with E-state index in [9.17, 15) is 4.79 Å². The van der Waals surface area contributed by atoms with E-state index in [0.717, 1.165) is 37.4 Å². The molecule has 20 heavy (non-hydrogen) atoms. The highest BCUT2D eigenvalue weighted by atomic mass is 35.5. The molecule has 1 aliphatic carbocycles. The molecular weight excluding hydrogens is 272 g/mol. The Hall–Kier alpha value is -1.22. The van der Waals surface area contributed by atoms with E-state index >= 15 is 0 Å². The maximum atomic E-state index is 12.4. The van der Waals surface area contributed by atoms with Crippen LogP contribution in [0.3, 0.4) is 0 Å². The lowest BCUT2D eigenvalue weighted by atomic mass is 9.82. The average molecular weight is 291 g/mol. The first-order chi connectivity index (χ1) is 9.72. The molecule has 1 aromatic rings. The Bertz CT molecular complexity index is 555. The quantitative estimate of drug-likeness (QED) is 0.861. The van der Waals surface area contributed by atoms with E-state index in [1.165, 1.54) is 17.7 Å². The fourth-order valence-electron chi connectivity index (χ4n) is 3.73. The van der Waals surface area contributed by atoms with Crippen molar-refractivity contribution in [2.45, 2.75) is 37.6 Å². The van der Waals surface area contributed by atoms with Gasteiger partial charge in [0.15, 0.2) is 0 Å². The van der Waals surface area contributed by atoms with Gasteiger partial charge in [-0.1, -0.05) is 18.0 Å². The van der Waals surface area contributed by atoms with Crippen LogP contribution in [0.5, 0.6) is 0 Å². The Kier molecular flexibility index (Phi) is 2.92. The van der Waals surface area contributed by atoms with Gasteiger partial charge in [0.05, 0.1) is 0 Å². The molecule has 2 atom stereocenters. The molecule has 2 fully saturated rings. The summed E-state index contributed by atoms with van der Waals surface area (Å²) in [5, 5.41) is 4.37. The zero-order valence-corrected chi connectivity index (χ0v) is 12.2. The van der Waals surface area contributed by atoms with Crippen molar-refractivity contribution in [3.8, 4) is 0 Å². The van der Waals surface area contributed by atoms with E-state index in [1.807, 2.05) is 6.07 Å². The van der Waals surface area contributed by atoms with E-state index in [4.69, 9.17) is 11.6 Å². The van der Waals surface area contributed by atoms with Crippen LogP contribution in [-0.2, 0) is 4.79 Å². The number of rotatable bonds is 1. The fraction of sp³-hybridized carbons (Fsp3) is 0.562. The predicted octanol–water partition coefficient (Wildman–Crippen LogP) is 3.25. The zero-order valence-electron chi connectivity index (χ0n) is 11.4. The summed E-state index contributed by atoms with van der Waals surface area (Å²) in [6.07, 6.45) is 4.43. The van der Waals surface area contributed by atoms with Gasteiger partial charge in [-0.15, -0.1) is 0 Å². The summed E-state index contributed by atoms with van der Waals surface area (Å²) in [6, 6.07) is 6.52. The Balaban J connectivity index is 1.56. The number of halogens is 1. The number of nitrogens with zero attached hydrogens (tertiary/aromatic N) is 1. The number of benzene rings is 1. The predicted molar refractivity (Wildman–Crippen MR) is 80.1 cm³/mol. The molecule has 1 aromatic carbocycles. The summed E-state index contributed by atoms with van der Waals surface area (Å²) in [4.78, 5) is 14.5. The lowest BCUT2D eigenvalue weighted by Crippen LogP contribution is -2.48. The molecule has 106 valence electrons. The van der Waals surface area contributed by atoms with Gasteiger partial charge in [0.25, 0.3) is 0 Å². The third kappa shape index (κ3) is 1.91. The standard InChI is InChI=1S/C16H19ClN2O/c17-11-4-5-14-12(8-11)13-9-19(7-6-15(13)18-14)16(20)10-2-1-3-10/h4-5,8,10,13,15,18H,1-3,6-7,9H2/t13-,15+/m0/s1. The Morgan fingerprint density at radius 2 is 2.15 bits per heavy atom. The number of amides is 1. The molecule has 1 N–H and O–H groups in total. The van der Waals surface area contributed by atoms with Gasteiger partial charge in [-0.2, -0.15) is 0 Å². The second-order valence-corrected chi connectivity index (χ2v) is 6.73. The average Bonchev–Trinajstić information content (AvgIpc) is 2.74. The van der Waals surface area contributed by atoms with Crippen molar-refractivity contribution in [1.29, 1.82) is 0 Å². The summed E-state index contributed by atoms with van der Waals surface area (Å²) in [7, 11) is 0. The minimum absolute atomic E-state index is 0.305. The zero-order chi connectivity index (χ0) is 13.7. The van der Waals surface area contributed by atoms with Gasteiger partial charge in [-0.3, -0.25) is 4.79 Å². The number of carbonyl (C=O) groups is 1. The Morgan fingerprint density at radius 1 is 1.30 bits per heavy atom. The number of carbonyl (C=O) groups excluding carboxylic acids is 1. The lowest BCUT2D eigenvalue weighted by molar-refractivity contribution is -0.139. The highest BCUT2D eigenvalue weighted by molar-refractivity contribution is 6.30. The van der Waals surface area contributed by atoms with E-state index in [-0.39, 0.29) is 0 Å². The molecule has 4 rings (SSSR count). The SMILES string of the molecule is O=C(C1CCC1)N1CC[C@H]2Nc3ccc(Cl)cc3[C@@H]2C1. The molecular formula is C16H19ClN2O. The largest absolute Gasteiger partial charge is 0.381 e. The second kappa shape index (κ2) is 4.66. The first-order valence-corrected chi connectivity index (χ1v) is 7.95. The third-order valence-electron chi connectivity index (χ3n) is 5.13. The number of piperidine rings is 1. The van der Waals surface area contributed by atoms with Crippen molar-refractivity contribution >= 4 is 23.2 Å². The van der Waals surface area contributed by atoms with Crippen LogP contribution in [-0.4, -0.2) is 29.9 Å². The summed E-state index contributed by atoms with van der Waals surface area (Å²) < 4.78 is 0. The van der Waals surface area contributed by atoms with Crippen LogP contribution in [0.1, 0.15) is 37.2 Å². The van der Waals surface area contributed by atoms with Gasteiger partial charge < -0.3 is 10.2 Å². The summed E-state index contributed by atoms with van der Waals surface area (Å²) in [6.45, 7) is 1.74. The number of nitrogens with one attached hydrogen (secondary N) is 1. The molecule has 0 spiro atoms. The second-order valence-electron chi connectivity index (χ2n) is 6.29. The van der Waals surface area contributed by atoms with Gasteiger partial charge in [0, 0.05) is 41.7 Å². The Morgan fingerprint density at radius 3 is 2.90 bits per heavy atom. The molecule has 2 heterocycles. The van der Waals surface area contributed by atoms with Gasteiger partial charge in [0.1, 0.15) is 0 Å². The normalized spacial score (nSPS) is 28.4. The van der Waals surface area contributed by atoms with E-state index in [0.29, 0.717) is 23.8 Å². The highest BCUT2D eigenvalue weighted by Crippen LogP contribution is 2.42. The van der Waals surface area contributed by atoms with Crippen LogP contribution < -0.4 is 5.32 Å². The molecule has 3 aliphatic rings. The van der Waals surface area contributed by atoms with E-state index in [1.54, 1.807) is 0 Å². The van der Waals surface area contributed by atoms with Gasteiger partial charge in [-0.05, 0) is 43.0 Å². The van der Waals surface area contributed by atoms with Gasteiger partial charge in [0.2, 0.25) is 5.91 Å². The molecule has 0 unspecified atom stereocenters. The van der Waals surface area contributed by atoms with Gasteiger partial charge >= 0.3 is 0 Å². The number of hydrogen-bond donors (Lipinski definition) is 1. The molecule has 2 aliphatic heterocycles. The highest BCUT2D eigenvalue weighted by Gasteiger charge is 2.40. The Labute approximate surface area is 124 Å². The van der Waals surface area contributed by atoms with Crippen LogP contribution in [0.15, 0.2) is 18.2 Å². The number of fused-ring (bicyclic) bond motifs is 3. The smallest absolute Gasteiger partial charge is 0.225 e. The molecule has 1 saturated carbocycles. The van der Waals surface area contributed by atoms with Crippen molar-refractivity contribution in [3.05, 3.63) is 28.8 Å². The first kappa shape index (κ1) is 12.5. The molecule has 0 bridgehead atoms. The molecule has 0 radical (unpaired) electrons. The minimum atomic E-state index is 0.305. The van der Waals surface area contributed by atoms with Gasteiger partial charge in [-0.25, -0.2) is 0 Å². The van der Waals surface area contributed by atoms with E-state index < -0.39 is 0 Å². The van der Waals surface area contributed by atoms with Crippen LogP contribution in [0.4, 0.5) is 5.69 Å². The molecule has 3 nitrogen and oxygen atoms in total. The van der Waals surface area contributed by atoms with Crippen molar-refractivity contribution in [3.63, 3.8) is 0 Å². The molecule has 1 amide bonds. The first-order valence-electron chi connectivity index (χ1n) is 7.57. The molecule has 1 saturated heterocycles. The van der Waals surface area contributed by atoms with Crippen molar-refractivity contribution in [2.75, 3.05) is 18.4 Å². The summed E-state index contributed by atoms with van der Waals surface area (Å²) in [5.41, 5.74) is 2.48. The summed E-state index contributed by atoms with van der Waals surface area (Å²) in [5.74, 6) is 1.09. The maximum Gasteiger partial charge on any atom is 0.225 e. The number of hydrogen-bond acceptors (Lipinski definition) is 2. The summed E-state index contributed by atoms with van der Waals surface area (Å²) >= 11 is 6.13. The lowest BCUT2D eigenvalue weighted by Gasteiger charge is -2.38.